The zero-order chi connectivity index (χ0) is 39.2. The van der Waals surface area contributed by atoms with Crippen LogP contribution in [-0.2, 0) is 49.1 Å². The van der Waals surface area contributed by atoms with Crippen molar-refractivity contribution < 1.29 is 32.7 Å². The van der Waals surface area contributed by atoms with Crippen molar-refractivity contribution in [3.8, 4) is 5.75 Å². The quantitative estimate of drug-likeness (QED) is 0.271. The summed E-state index contributed by atoms with van der Waals surface area (Å²) in [5.41, 5.74) is 4.52. The molecule has 2 aliphatic carbocycles. The minimum atomic E-state index is -3.65. The Balaban J connectivity index is 1.18. The molecule has 4 heterocycles. The molecule has 1 unspecified atom stereocenters. The van der Waals surface area contributed by atoms with E-state index in [0.717, 1.165) is 55.1 Å². The van der Waals surface area contributed by atoms with Crippen LogP contribution in [-0.4, -0.2) is 78.6 Å². The molecule has 1 saturated carbocycles. The van der Waals surface area contributed by atoms with Gasteiger partial charge in [-0.05, 0) is 111 Å². The zero-order valence-corrected chi connectivity index (χ0v) is 34.3. The smallest absolute Gasteiger partial charge is 0.286 e. The SMILES string of the molecule is COC[C@H]1Cn2cc(C(=O)NS3(=O)=NC(=O)c4ccc5c(c4)N(C[C@@H]4CC[C@H]4[C@@H](OC)/C=C/C[C@H](C)[C@H]3C)C[C@@]3(CCCc4cc(Cl)ccc43)CO5)cc2CO1. The van der Waals surface area contributed by atoms with Gasteiger partial charge in [0.25, 0.3) is 11.8 Å². The number of carbonyl (C=O) groups is 2. The van der Waals surface area contributed by atoms with Crippen LogP contribution in [0.3, 0.4) is 0 Å². The zero-order valence-electron chi connectivity index (χ0n) is 32.7. The highest BCUT2D eigenvalue weighted by Crippen LogP contribution is 2.47. The van der Waals surface area contributed by atoms with Gasteiger partial charge in [0.15, 0.2) is 0 Å². The number of ether oxygens (including phenoxy) is 4. The highest BCUT2D eigenvalue weighted by Gasteiger charge is 2.44. The number of allylic oxidation sites excluding steroid dienone is 1. The van der Waals surface area contributed by atoms with Crippen LogP contribution < -0.4 is 14.4 Å². The number of nitrogens with zero attached hydrogens (tertiary/aromatic N) is 3. The first-order valence-electron chi connectivity index (χ1n) is 19.9. The molecule has 3 aromatic rings. The number of aromatic nitrogens is 1. The van der Waals surface area contributed by atoms with E-state index in [0.29, 0.717) is 68.0 Å². The van der Waals surface area contributed by atoms with Gasteiger partial charge < -0.3 is 28.4 Å². The van der Waals surface area contributed by atoms with E-state index in [1.54, 1.807) is 39.5 Å². The first-order chi connectivity index (χ1) is 27.0. The van der Waals surface area contributed by atoms with Crippen LogP contribution in [0.15, 0.2) is 65.2 Å². The topological polar surface area (TPSA) is 121 Å². The Bertz CT molecular complexity index is 2140. The first-order valence-corrected chi connectivity index (χ1v) is 21.9. The van der Waals surface area contributed by atoms with Crippen LogP contribution in [0.4, 0.5) is 5.69 Å². The van der Waals surface area contributed by atoms with Gasteiger partial charge in [0.1, 0.15) is 15.7 Å². The number of hydrogen-bond acceptors (Lipinski definition) is 8. The Morgan fingerprint density at radius 2 is 1.98 bits per heavy atom. The molecule has 0 radical (unpaired) electrons. The number of carbonyl (C=O) groups excluding carboxylic acids is 2. The molecular formula is C43H53ClN4O7S. The summed E-state index contributed by atoms with van der Waals surface area (Å²) in [6.45, 7) is 7.04. The Labute approximate surface area is 335 Å². The van der Waals surface area contributed by atoms with Crippen LogP contribution in [0.25, 0.3) is 0 Å². The molecule has 0 saturated heterocycles. The first kappa shape index (κ1) is 39.2. The number of hydrogen-bond donors (Lipinski definition) is 1. The molecule has 300 valence electrons. The lowest BCUT2D eigenvalue weighted by Crippen LogP contribution is -2.49. The van der Waals surface area contributed by atoms with Gasteiger partial charge in [0.2, 0.25) is 0 Å². The Kier molecular flexibility index (Phi) is 11.1. The largest absolute Gasteiger partial charge is 0.490 e. The summed E-state index contributed by atoms with van der Waals surface area (Å²) in [4.78, 5) is 30.6. The summed E-state index contributed by atoms with van der Waals surface area (Å²) in [5.74, 6) is 0.000660. The van der Waals surface area contributed by atoms with E-state index in [1.807, 2.05) is 29.7 Å². The molecule has 56 heavy (non-hydrogen) atoms. The summed E-state index contributed by atoms with van der Waals surface area (Å²) in [6, 6.07) is 13.4. The fourth-order valence-corrected chi connectivity index (χ4v) is 11.5. The summed E-state index contributed by atoms with van der Waals surface area (Å²) in [7, 11) is -0.252. The minimum absolute atomic E-state index is 0.0756. The van der Waals surface area contributed by atoms with Gasteiger partial charge in [-0.25, -0.2) is 4.21 Å². The lowest BCUT2D eigenvalue weighted by atomic mass is 9.68. The molecule has 1 fully saturated rings. The van der Waals surface area contributed by atoms with Crippen LogP contribution in [0.5, 0.6) is 5.75 Å². The van der Waals surface area contributed by atoms with Gasteiger partial charge in [0.05, 0.1) is 55.1 Å². The second kappa shape index (κ2) is 15.9. The summed E-state index contributed by atoms with van der Waals surface area (Å²) in [6.07, 6.45) is 11.4. The summed E-state index contributed by atoms with van der Waals surface area (Å²) >= 11 is 6.48. The molecule has 2 amide bonds. The maximum absolute atomic E-state index is 15.1. The monoisotopic (exact) mass is 804 g/mol. The van der Waals surface area contributed by atoms with Crippen molar-refractivity contribution in [2.24, 2.45) is 22.1 Å². The molecule has 11 nitrogen and oxygen atoms in total. The van der Waals surface area contributed by atoms with Crippen molar-refractivity contribution in [1.82, 2.24) is 9.29 Å². The molecule has 3 aliphatic heterocycles. The number of aryl methyl sites for hydroxylation is 1. The molecule has 1 spiro atoms. The third kappa shape index (κ3) is 7.55. The van der Waals surface area contributed by atoms with E-state index in [9.17, 15) is 9.59 Å². The number of benzene rings is 2. The lowest BCUT2D eigenvalue weighted by molar-refractivity contribution is -0.0382. The van der Waals surface area contributed by atoms with E-state index >= 15 is 4.21 Å². The van der Waals surface area contributed by atoms with Gasteiger partial charge in [-0.2, -0.15) is 0 Å². The predicted molar refractivity (Wildman–Crippen MR) is 217 cm³/mol. The van der Waals surface area contributed by atoms with Gasteiger partial charge >= 0.3 is 0 Å². The molecule has 2 bridgehead atoms. The van der Waals surface area contributed by atoms with Crippen LogP contribution in [0.1, 0.15) is 83.5 Å². The van der Waals surface area contributed by atoms with Crippen molar-refractivity contribution >= 4 is 39.0 Å². The number of halogens is 1. The van der Waals surface area contributed by atoms with Crippen molar-refractivity contribution in [3.63, 3.8) is 0 Å². The molecule has 1 N–H and O–H groups in total. The standard InChI is InChI=1S/C43H53ClN4O7S/c1-27-7-5-9-39(53-4)36-13-10-31(36)20-48-25-43(16-6-8-29-17-33(44)12-14-37(29)43)26-55-40-15-11-30(19-38(40)48)41(49)45-56(51,28(27)2)46-42(50)32-18-34-23-54-35(24-52-3)22-47(34)21-32/h5,9,11-12,14-15,17-19,21,27-28,31,35-36,39H,6-8,10,13,16,20,22-26H2,1-4H3,(H,45,46,49,50,51)/b9-5+/t27-,28+,31-,35+,36+,39-,43-,56?/m0/s1. The Morgan fingerprint density at radius 3 is 2.77 bits per heavy atom. The van der Waals surface area contributed by atoms with Crippen LogP contribution in [0.2, 0.25) is 5.02 Å². The summed E-state index contributed by atoms with van der Waals surface area (Å²) in [5, 5.41) is 0.0684. The minimum Gasteiger partial charge on any atom is -0.490 e. The highest BCUT2D eigenvalue weighted by atomic mass is 35.5. The second-order valence-corrected chi connectivity index (χ2v) is 19.2. The van der Waals surface area contributed by atoms with E-state index in [-0.39, 0.29) is 23.5 Å². The van der Waals surface area contributed by atoms with E-state index in [4.69, 9.17) is 30.5 Å². The average molecular weight is 805 g/mol. The van der Waals surface area contributed by atoms with Gasteiger partial charge in [-0.3, -0.25) is 14.3 Å². The maximum Gasteiger partial charge on any atom is 0.286 e. The number of methoxy groups -OCH3 is 2. The summed E-state index contributed by atoms with van der Waals surface area (Å²) < 4.78 is 48.2. The number of fused-ring (bicyclic) bond motifs is 5. The third-order valence-corrected chi connectivity index (χ3v) is 15.6. The molecule has 13 heteroatoms. The molecular weight excluding hydrogens is 752 g/mol. The highest BCUT2D eigenvalue weighted by molar-refractivity contribution is 7.93. The Hall–Kier alpha value is -3.68. The lowest BCUT2D eigenvalue weighted by Gasteiger charge is -2.46. The van der Waals surface area contributed by atoms with Crippen LogP contribution >= 0.6 is 11.6 Å². The fourth-order valence-electron chi connectivity index (χ4n) is 9.41. The average Bonchev–Trinajstić information content (AvgIpc) is 3.54. The third-order valence-electron chi connectivity index (χ3n) is 13.0. The van der Waals surface area contributed by atoms with Gasteiger partial charge in [-0.1, -0.05) is 36.7 Å². The van der Waals surface area contributed by atoms with Crippen LogP contribution in [0, 0.1) is 17.8 Å². The number of rotatable bonds is 5. The van der Waals surface area contributed by atoms with Crippen molar-refractivity contribution in [2.75, 3.05) is 45.4 Å². The van der Waals surface area contributed by atoms with Gasteiger partial charge in [0, 0.05) is 55.2 Å². The molecule has 5 aliphatic rings. The van der Waals surface area contributed by atoms with Crippen molar-refractivity contribution in [3.05, 3.63) is 93.8 Å². The number of anilines is 1. The van der Waals surface area contributed by atoms with Crippen molar-refractivity contribution in [1.29, 1.82) is 0 Å². The fraction of sp³-hybridized carbons (Fsp3) is 0.535. The maximum atomic E-state index is 15.1. The molecule has 1 aromatic heterocycles. The van der Waals surface area contributed by atoms with E-state index in [1.165, 1.54) is 11.1 Å². The van der Waals surface area contributed by atoms with Crippen molar-refractivity contribution in [2.45, 2.75) is 88.4 Å². The van der Waals surface area contributed by atoms with E-state index < -0.39 is 27.0 Å². The predicted octanol–water partition coefficient (Wildman–Crippen LogP) is 7.14. The molecule has 2 aromatic carbocycles. The molecule has 8 rings (SSSR count). The number of amides is 2. The van der Waals surface area contributed by atoms with E-state index in [2.05, 4.69) is 38.3 Å². The second-order valence-electron chi connectivity index (χ2n) is 16.5. The normalized spacial score (nSPS) is 32.1. The Morgan fingerprint density at radius 1 is 1.12 bits per heavy atom. The molecule has 8 atom stereocenters. The number of nitrogens with one attached hydrogen (secondary N) is 1. The van der Waals surface area contributed by atoms with Gasteiger partial charge in [-0.15, -0.1) is 4.36 Å².